The highest BCUT2D eigenvalue weighted by atomic mass is 79.9. The van der Waals surface area contributed by atoms with Crippen LogP contribution in [0.3, 0.4) is 0 Å². The van der Waals surface area contributed by atoms with Crippen molar-refractivity contribution in [2.75, 3.05) is 6.54 Å². The fourth-order valence-electron chi connectivity index (χ4n) is 1.55. The maximum absolute atomic E-state index is 12.2. The number of H-pyrrole nitrogens is 1. The minimum absolute atomic E-state index is 0.188. The lowest BCUT2D eigenvalue weighted by atomic mass is 10.4. The number of hydrogen-bond acceptors (Lipinski definition) is 5. The van der Waals surface area contributed by atoms with Crippen LogP contribution in [-0.2, 0) is 23.1 Å². The summed E-state index contributed by atoms with van der Waals surface area (Å²) in [6.07, 6.45) is 3.10. The summed E-state index contributed by atoms with van der Waals surface area (Å²) in [5.74, 6) is 0. The van der Waals surface area contributed by atoms with Gasteiger partial charge in [-0.25, -0.2) is 18.1 Å². The van der Waals surface area contributed by atoms with Gasteiger partial charge in [0.05, 0.1) is 16.7 Å². The maximum Gasteiger partial charge on any atom is 0.242 e. The van der Waals surface area contributed by atoms with E-state index in [0.717, 1.165) is 11.4 Å². The van der Waals surface area contributed by atoms with Gasteiger partial charge in [0.25, 0.3) is 0 Å². The van der Waals surface area contributed by atoms with Crippen LogP contribution in [0.25, 0.3) is 0 Å². The Hall–Kier alpha value is -0.740. The monoisotopic (exact) mass is 378 g/mol. The molecule has 3 N–H and O–H groups in total. The van der Waals surface area contributed by atoms with Gasteiger partial charge in [0.1, 0.15) is 4.90 Å². The zero-order valence-corrected chi connectivity index (χ0v) is 14.0. The third-order valence-corrected chi connectivity index (χ3v) is 6.21. The van der Waals surface area contributed by atoms with Crippen LogP contribution in [0, 0.1) is 0 Å². The van der Waals surface area contributed by atoms with Crippen molar-refractivity contribution in [2.24, 2.45) is 0 Å². The van der Waals surface area contributed by atoms with E-state index in [0.29, 0.717) is 16.0 Å². The van der Waals surface area contributed by atoms with Crippen LogP contribution in [0.2, 0.25) is 0 Å². The van der Waals surface area contributed by atoms with E-state index < -0.39 is 10.0 Å². The zero-order chi connectivity index (χ0) is 14.6. The smallest absolute Gasteiger partial charge is 0.242 e. The standard InChI is InChI=1S/C11H15BrN4O2S2/c1-2-13-6-9-3-10(11(12)19-9)20(17,18)16-5-8-4-14-7-15-8/h3-4,7,13,16H,2,5-6H2,1H3,(H,14,15). The van der Waals surface area contributed by atoms with E-state index in [4.69, 9.17) is 0 Å². The summed E-state index contributed by atoms with van der Waals surface area (Å²) in [7, 11) is -3.53. The summed E-state index contributed by atoms with van der Waals surface area (Å²) in [6.45, 7) is 3.70. The number of rotatable bonds is 7. The summed E-state index contributed by atoms with van der Waals surface area (Å²) in [4.78, 5) is 7.94. The molecule has 6 nitrogen and oxygen atoms in total. The van der Waals surface area contributed by atoms with Gasteiger partial charge in [-0.1, -0.05) is 6.92 Å². The second kappa shape index (κ2) is 6.81. The Kier molecular flexibility index (Phi) is 5.33. The zero-order valence-electron chi connectivity index (χ0n) is 10.8. The number of aromatic amines is 1. The van der Waals surface area contributed by atoms with Gasteiger partial charge in [0.2, 0.25) is 10.0 Å². The van der Waals surface area contributed by atoms with Gasteiger partial charge in [-0.2, -0.15) is 0 Å². The summed E-state index contributed by atoms with van der Waals surface area (Å²) in [5, 5.41) is 3.17. The fraction of sp³-hybridized carbons (Fsp3) is 0.364. The highest BCUT2D eigenvalue weighted by molar-refractivity contribution is 9.11. The molecule has 2 heterocycles. The first-order valence-corrected chi connectivity index (χ1v) is 9.08. The van der Waals surface area contributed by atoms with E-state index >= 15 is 0 Å². The molecule has 2 rings (SSSR count). The van der Waals surface area contributed by atoms with Gasteiger partial charge in [-0.15, -0.1) is 11.3 Å². The van der Waals surface area contributed by atoms with Crippen LogP contribution in [0.15, 0.2) is 27.3 Å². The lowest BCUT2D eigenvalue weighted by Gasteiger charge is -2.04. The molecule has 0 amide bonds. The number of sulfonamides is 1. The molecule has 0 unspecified atom stereocenters. The minimum Gasteiger partial charge on any atom is -0.347 e. The van der Waals surface area contributed by atoms with E-state index in [1.807, 2.05) is 6.92 Å². The molecule has 0 radical (unpaired) electrons. The molecule has 110 valence electrons. The molecule has 0 bridgehead atoms. The van der Waals surface area contributed by atoms with E-state index in [9.17, 15) is 8.42 Å². The molecule has 0 atom stereocenters. The van der Waals surface area contributed by atoms with E-state index in [1.54, 1.807) is 12.3 Å². The molecule has 2 aromatic rings. The van der Waals surface area contributed by atoms with Gasteiger partial charge in [-0.3, -0.25) is 0 Å². The molecule has 2 aromatic heterocycles. The Morgan fingerprint density at radius 3 is 2.90 bits per heavy atom. The van der Waals surface area contributed by atoms with Gasteiger partial charge in [0, 0.05) is 23.3 Å². The molecule has 0 aliphatic carbocycles. The Morgan fingerprint density at radius 2 is 2.25 bits per heavy atom. The van der Waals surface area contributed by atoms with Crippen LogP contribution in [0.5, 0.6) is 0 Å². The van der Waals surface area contributed by atoms with Crippen LogP contribution < -0.4 is 10.0 Å². The lowest BCUT2D eigenvalue weighted by Crippen LogP contribution is -2.23. The van der Waals surface area contributed by atoms with Gasteiger partial charge < -0.3 is 10.3 Å². The van der Waals surface area contributed by atoms with Crippen LogP contribution in [-0.4, -0.2) is 24.9 Å². The van der Waals surface area contributed by atoms with Crippen molar-refractivity contribution >= 4 is 37.3 Å². The van der Waals surface area contributed by atoms with Crippen molar-refractivity contribution in [3.05, 3.63) is 32.9 Å². The number of halogens is 1. The number of aromatic nitrogens is 2. The third-order valence-electron chi connectivity index (χ3n) is 2.55. The number of nitrogens with zero attached hydrogens (tertiary/aromatic N) is 1. The van der Waals surface area contributed by atoms with E-state index in [1.165, 1.54) is 17.7 Å². The molecule has 0 fully saturated rings. The number of hydrogen-bond donors (Lipinski definition) is 3. The van der Waals surface area contributed by atoms with Crippen molar-refractivity contribution in [3.63, 3.8) is 0 Å². The molecule has 0 aliphatic heterocycles. The Labute approximate surface area is 130 Å². The molecule has 20 heavy (non-hydrogen) atoms. The second-order valence-electron chi connectivity index (χ2n) is 4.03. The molecular formula is C11H15BrN4O2S2. The van der Waals surface area contributed by atoms with Crippen LogP contribution in [0.1, 0.15) is 17.5 Å². The Bertz CT molecular complexity index is 652. The first-order chi connectivity index (χ1) is 9.53. The van der Waals surface area contributed by atoms with Crippen LogP contribution >= 0.6 is 27.3 Å². The Balaban J connectivity index is 2.10. The average Bonchev–Trinajstić information content (AvgIpc) is 3.03. The van der Waals surface area contributed by atoms with Crippen molar-refractivity contribution in [3.8, 4) is 0 Å². The van der Waals surface area contributed by atoms with Gasteiger partial charge >= 0.3 is 0 Å². The fourth-order valence-corrected chi connectivity index (χ4v) is 5.20. The van der Waals surface area contributed by atoms with Crippen molar-refractivity contribution < 1.29 is 8.42 Å². The van der Waals surface area contributed by atoms with E-state index in [2.05, 4.69) is 35.9 Å². The molecule has 9 heteroatoms. The Morgan fingerprint density at radius 1 is 1.45 bits per heavy atom. The first-order valence-electron chi connectivity index (χ1n) is 5.98. The SMILES string of the molecule is CCNCc1cc(S(=O)(=O)NCc2cnc[nH]2)c(Br)s1. The highest BCUT2D eigenvalue weighted by Gasteiger charge is 2.20. The quantitative estimate of drug-likeness (QED) is 0.685. The second-order valence-corrected chi connectivity index (χ2v) is 8.22. The molecule has 0 aliphatic rings. The maximum atomic E-state index is 12.2. The topological polar surface area (TPSA) is 86.9 Å². The number of imidazole rings is 1. The first kappa shape index (κ1) is 15.6. The lowest BCUT2D eigenvalue weighted by molar-refractivity contribution is 0.580. The summed E-state index contributed by atoms with van der Waals surface area (Å²) in [6, 6.07) is 1.69. The molecular weight excluding hydrogens is 364 g/mol. The highest BCUT2D eigenvalue weighted by Crippen LogP contribution is 2.31. The predicted molar refractivity (Wildman–Crippen MR) is 82.0 cm³/mol. The molecule has 0 aromatic carbocycles. The molecule has 0 saturated heterocycles. The van der Waals surface area contributed by atoms with E-state index in [-0.39, 0.29) is 11.4 Å². The average molecular weight is 379 g/mol. The van der Waals surface area contributed by atoms with Gasteiger partial charge in [-0.05, 0) is 28.5 Å². The molecule has 0 spiro atoms. The van der Waals surface area contributed by atoms with Crippen molar-refractivity contribution in [2.45, 2.75) is 24.9 Å². The normalized spacial score (nSPS) is 11.9. The van der Waals surface area contributed by atoms with Crippen LogP contribution in [0.4, 0.5) is 0 Å². The summed E-state index contributed by atoms with van der Waals surface area (Å²) < 4.78 is 27.7. The number of thiophene rings is 1. The molecule has 0 saturated carbocycles. The minimum atomic E-state index is -3.53. The summed E-state index contributed by atoms with van der Waals surface area (Å²) in [5.41, 5.74) is 0.716. The largest absolute Gasteiger partial charge is 0.347 e. The van der Waals surface area contributed by atoms with Gasteiger partial charge in [0.15, 0.2) is 0 Å². The van der Waals surface area contributed by atoms with Crippen molar-refractivity contribution in [1.82, 2.24) is 20.0 Å². The van der Waals surface area contributed by atoms with Crippen molar-refractivity contribution in [1.29, 1.82) is 0 Å². The number of nitrogens with one attached hydrogen (secondary N) is 3. The summed E-state index contributed by atoms with van der Waals surface area (Å²) >= 11 is 4.73. The predicted octanol–water partition coefficient (Wildman–Crippen LogP) is 1.82. The third kappa shape index (κ3) is 3.89.